The first kappa shape index (κ1) is 26.8. The summed E-state index contributed by atoms with van der Waals surface area (Å²) in [4.78, 5) is 0. The van der Waals surface area contributed by atoms with Crippen molar-refractivity contribution in [2.75, 3.05) is 0 Å². The maximum atomic E-state index is 14.7. The van der Waals surface area contributed by atoms with Gasteiger partial charge in [0.1, 0.15) is 11.6 Å². The molecule has 0 aliphatic heterocycles. The van der Waals surface area contributed by atoms with E-state index in [1.54, 1.807) is 12.1 Å². The van der Waals surface area contributed by atoms with Crippen molar-refractivity contribution in [3.05, 3.63) is 89.2 Å². The van der Waals surface area contributed by atoms with Gasteiger partial charge in [-0.25, -0.2) is 4.39 Å². The highest BCUT2D eigenvalue weighted by atomic mass is 127. The monoisotopic (exact) mass is 618 g/mol. The molecule has 1 nitrogen and oxygen atoms in total. The van der Waals surface area contributed by atoms with Crippen LogP contribution in [0.25, 0.3) is 11.1 Å². The van der Waals surface area contributed by atoms with E-state index < -0.39 is 29.2 Å². The maximum absolute atomic E-state index is 14.7. The van der Waals surface area contributed by atoms with Crippen LogP contribution in [-0.4, -0.2) is 3.92 Å². The zero-order chi connectivity index (χ0) is 25.9. The molecule has 3 aromatic carbocycles. The molecule has 0 atom stereocenters. The molecule has 0 N–H and O–H groups in total. The number of ether oxygens (including phenoxy) is 1. The van der Waals surface area contributed by atoms with E-state index in [0.717, 1.165) is 52.5 Å². The maximum Gasteiger partial charge on any atom is 0.426 e. The smallest absolute Gasteiger partial charge is 0.426 e. The summed E-state index contributed by atoms with van der Waals surface area (Å²) < 4.78 is 87.3. The fourth-order valence-electron chi connectivity index (χ4n) is 4.49. The number of halogens is 7. The molecule has 0 aromatic heterocycles. The molecule has 1 aliphatic rings. The van der Waals surface area contributed by atoms with Gasteiger partial charge in [-0.2, -0.15) is 22.0 Å². The van der Waals surface area contributed by atoms with Crippen LogP contribution in [-0.2, 0) is 18.7 Å². The third-order valence-electron chi connectivity index (χ3n) is 6.62. The molecule has 0 spiro atoms. The largest absolute Gasteiger partial charge is 0.429 e. The summed E-state index contributed by atoms with van der Waals surface area (Å²) in [6.07, 6.45) is -1.43. The SMILES string of the molecule is Fc1cc(-c2ccc(C(F)(F)Oc3ccc(CCC4CCC(I)CC4)cc3)cc2)ccc1C(F)(F)F. The molecule has 36 heavy (non-hydrogen) atoms. The van der Waals surface area contributed by atoms with Crippen LogP contribution < -0.4 is 4.74 Å². The molecule has 0 bridgehead atoms. The third-order valence-corrected chi connectivity index (χ3v) is 7.86. The predicted octanol–water partition coefficient (Wildman–Crippen LogP) is 9.57. The van der Waals surface area contributed by atoms with Crippen molar-refractivity contribution in [1.82, 2.24) is 0 Å². The van der Waals surface area contributed by atoms with Gasteiger partial charge in [0, 0.05) is 3.92 Å². The minimum atomic E-state index is -4.81. The van der Waals surface area contributed by atoms with E-state index in [9.17, 15) is 26.3 Å². The Morgan fingerprint density at radius 1 is 0.778 bits per heavy atom. The first-order chi connectivity index (χ1) is 17.0. The number of alkyl halides is 6. The van der Waals surface area contributed by atoms with E-state index in [1.807, 2.05) is 0 Å². The summed E-state index contributed by atoms with van der Waals surface area (Å²) in [7, 11) is 0. The Bertz CT molecular complexity index is 1150. The van der Waals surface area contributed by atoms with Crippen molar-refractivity contribution in [1.29, 1.82) is 0 Å². The lowest BCUT2D eigenvalue weighted by Crippen LogP contribution is -2.21. The van der Waals surface area contributed by atoms with Gasteiger partial charge in [0.2, 0.25) is 0 Å². The standard InChI is InChI=1S/C28H25F6IO/c29-26-17-21(9-16-25(26)27(30,31)32)20-7-10-22(11-8-20)28(33,34)36-24-14-5-19(6-15-24)2-1-18-3-12-23(35)13-4-18/h5-11,14-18,23H,1-4,12-13H2. The summed E-state index contributed by atoms with van der Waals surface area (Å²) in [6.45, 7) is 0. The minimum Gasteiger partial charge on any atom is -0.429 e. The van der Waals surface area contributed by atoms with Gasteiger partial charge < -0.3 is 4.74 Å². The van der Waals surface area contributed by atoms with Crippen molar-refractivity contribution in [2.45, 2.75) is 54.7 Å². The highest BCUT2D eigenvalue weighted by Crippen LogP contribution is 2.36. The lowest BCUT2D eigenvalue weighted by molar-refractivity contribution is -0.185. The van der Waals surface area contributed by atoms with Gasteiger partial charge >= 0.3 is 12.3 Å². The number of hydrogen-bond acceptors (Lipinski definition) is 1. The molecular weight excluding hydrogens is 593 g/mol. The van der Waals surface area contributed by atoms with Crippen LogP contribution in [0.5, 0.6) is 5.75 Å². The van der Waals surface area contributed by atoms with Crippen LogP contribution in [0.15, 0.2) is 66.7 Å². The van der Waals surface area contributed by atoms with Gasteiger partial charge in [0.25, 0.3) is 0 Å². The van der Waals surface area contributed by atoms with Crippen molar-refractivity contribution >= 4 is 22.6 Å². The first-order valence-electron chi connectivity index (χ1n) is 11.8. The van der Waals surface area contributed by atoms with Crippen LogP contribution in [0.4, 0.5) is 26.3 Å². The van der Waals surface area contributed by atoms with Crippen LogP contribution in [0, 0.1) is 11.7 Å². The zero-order valence-electron chi connectivity index (χ0n) is 19.3. The van der Waals surface area contributed by atoms with Gasteiger partial charge in [-0.15, -0.1) is 0 Å². The summed E-state index contributed by atoms with van der Waals surface area (Å²) in [5.74, 6) is -0.671. The van der Waals surface area contributed by atoms with E-state index in [1.165, 1.54) is 49.9 Å². The predicted molar refractivity (Wildman–Crippen MR) is 136 cm³/mol. The summed E-state index contributed by atoms with van der Waals surface area (Å²) >= 11 is 2.51. The number of rotatable bonds is 7. The normalized spacial score (nSPS) is 18.8. The van der Waals surface area contributed by atoms with E-state index in [2.05, 4.69) is 22.6 Å². The quantitative estimate of drug-likeness (QED) is 0.146. The fourth-order valence-corrected chi connectivity index (χ4v) is 5.21. The number of aryl methyl sites for hydroxylation is 1. The van der Waals surface area contributed by atoms with E-state index in [-0.39, 0.29) is 11.3 Å². The van der Waals surface area contributed by atoms with Crippen LogP contribution >= 0.6 is 22.6 Å². The Hall–Kier alpha value is -2.23. The molecule has 0 heterocycles. The molecule has 1 aliphatic carbocycles. The second kappa shape index (κ2) is 11.0. The first-order valence-corrected chi connectivity index (χ1v) is 13.0. The Morgan fingerprint density at radius 2 is 1.39 bits per heavy atom. The van der Waals surface area contributed by atoms with E-state index in [0.29, 0.717) is 11.6 Å². The lowest BCUT2D eigenvalue weighted by atomic mass is 9.85. The third kappa shape index (κ3) is 6.75. The molecule has 4 rings (SSSR count). The Morgan fingerprint density at radius 3 is 1.97 bits per heavy atom. The number of benzene rings is 3. The molecule has 3 aromatic rings. The Labute approximate surface area is 220 Å². The molecule has 0 radical (unpaired) electrons. The minimum absolute atomic E-state index is 0.0306. The lowest BCUT2D eigenvalue weighted by Gasteiger charge is -2.25. The molecule has 192 valence electrons. The average Bonchev–Trinajstić information content (AvgIpc) is 2.83. The van der Waals surface area contributed by atoms with Crippen molar-refractivity contribution in [3.63, 3.8) is 0 Å². The molecular formula is C28H25F6IO. The second-order valence-corrected chi connectivity index (χ2v) is 11.0. The topological polar surface area (TPSA) is 9.23 Å². The second-order valence-electron chi connectivity index (χ2n) is 9.19. The summed E-state index contributed by atoms with van der Waals surface area (Å²) in [6, 6.07) is 14.0. The molecule has 0 unspecified atom stereocenters. The summed E-state index contributed by atoms with van der Waals surface area (Å²) in [5, 5.41) is 0. The highest BCUT2D eigenvalue weighted by Gasteiger charge is 2.35. The molecule has 1 fully saturated rings. The molecule has 0 saturated heterocycles. The van der Waals surface area contributed by atoms with Crippen LogP contribution in [0.3, 0.4) is 0 Å². The van der Waals surface area contributed by atoms with E-state index >= 15 is 0 Å². The Kier molecular flexibility index (Phi) is 8.22. The van der Waals surface area contributed by atoms with Gasteiger partial charge in [0.05, 0.1) is 11.1 Å². The van der Waals surface area contributed by atoms with Gasteiger partial charge in [-0.05, 0) is 97.5 Å². The Balaban J connectivity index is 1.37. The zero-order valence-corrected chi connectivity index (χ0v) is 21.5. The fraction of sp³-hybridized carbons (Fsp3) is 0.357. The van der Waals surface area contributed by atoms with Gasteiger partial charge in [-0.3, -0.25) is 0 Å². The van der Waals surface area contributed by atoms with Crippen LogP contribution in [0.2, 0.25) is 0 Å². The molecule has 1 saturated carbocycles. The summed E-state index contributed by atoms with van der Waals surface area (Å²) in [5.41, 5.74) is -0.270. The average molecular weight is 618 g/mol. The number of hydrogen-bond donors (Lipinski definition) is 0. The van der Waals surface area contributed by atoms with Crippen molar-refractivity contribution in [3.8, 4) is 16.9 Å². The van der Waals surface area contributed by atoms with Gasteiger partial charge in [0.15, 0.2) is 0 Å². The van der Waals surface area contributed by atoms with Gasteiger partial charge in [-0.1, -0.05) is 52.9 Å². The molecule has 0 amide bonds. The van der Waals surface area contributed by atoms with E-state index in [4.69, 9.17) is 4.74 Å². The van der Waals surface area contributed by atoms with Crippen LogP contribution in [0.1, 0.15) is 48.8 Å². The highest BCUT2D eigenvalue weighted by molar-refractivity contribution is 14.1. The van der Waals surface area contributed by atoms with Crippen molar-refractivity contribution < 1.29 is 31.1 Å². The van der Waals surface area contributed by atoms with Crippen molar-refractivity contribution in [2.24, 2.45) is 5.92 Å². The molecule has 8 heteroatoms.